The van der Waals surface area contributed by atoms with E-state index in [-0.39, 0.29) is 6.04 Å². The van der Waals surface area contributed by atoms with Crippen LogP contribution < -0.4 is 10.1 Å². The molecule has 5 nitrogen and oxygen atoms in total. The van der Waals surface area contributed by atoms with E-state index in [0.717, 1.165) is 10.8 Å². The van der Waals surface area contributed by atoms with Gasteiger partial charge in [-0.3, -0.25) is 0 Å². The van der Waals surface area contributed by atoms with E-state index in [1.54, 1.807) is 11.3 Å². The first kappa shape index (κ1) is 12.3. The van der Waals surface area contributed by atoms with Gasteiger partial charge >= 0.3 is 0 Å². The molecule has 1 saturated carbocycles. The van der Waals surface area contributed by atoms with Crippen LogP contribution in [-0.4, -0.2) is 21.6 Å². The van der Waals surface area contributed by atoms with Gasteiger partial charge in [-0.2, -0.15) is 0 Å². The Kier molecular flexibility index (Phi) is 3.59. The number of rotatable bonds is 6. The number of hydrogen-bond donors (Lipinski definition) is 1. The van der Waals surface area contributed by atoms with Gasteiger partial charge in [-0.15, -0.1) is 11.3 Å². The van der Waals surface area contributed by atoms with Gasteiger partial charge in [0.1, 0.15) is 17.2 Å². The molecule has 2 aromatic heterocycles. The smallest absolute Gasteiger partial charge is 0.218 e. The van der Waals surface area contributed by atoms with Gasteiger partial charge in [0.2, 0.25) is 5.88 Å². The third kappa shape index (κ3) is 3.01. The van der Waals surface area contributed by atoms with Crippen molar-refractivity contribution in [2.45, 2.75) is 25.8 Å². The molecule has 0 bridgehead atoms. The predicted molar refractivity (Wildman–Crippen MR) is 74.4 cm³/mol. The summed E-state index contributed by atoms with van der Waals surface area (Å²) in [6, 6.07) is 2.09. The molecule has 100 valence electrons. The van der Waals surface area contributed by atoms with E-state index in [1.807, 2.05) is 24.6 Å². The minimum Gasteiger partial charge on any atom is -0.478 e. The van der Waals surface area contributed by atoms with E-state index in [4.69, 9.17) is 4.74 Å². The monoisotopic (exact) mass is 276 g/mol. The lowest BCUT2D eigenvalue weighted by Crippen LogP contribution is -2.13. The Bertz CT molecular complexity index is 527. The lowest BCUT2D eigenvalue weighted by molar-refractivity contribution is 0.326. The molecule has 6 heteroatoms. The van der Waals surface area contributed by atoms with Crippen LogP contribution in [0.3, 0.4) is 0 Å². The van der Waals surface area contributed by atoms with Crippen molar-refractivity contribution in [2.24, 2.45) is 5.92 Å². The molecule has 0 amide bonds. The molecule has 0 aromatic carbocycles. The number of anilines is 1. The van der Waals surface area contributed by atoms with E-state index in [0.29, 0.717) is 18.4 Å². The third-order valence-corrected chi connectivity index (χ3v) is 3.91. The zero-order chi connectivity index (χ0) is 13.1. The first-order chi connectivity index (χ1) is 9.36. The SMILES string of the molecule is CCOc1cc(NC(c2nccs2)C2CC2)ncn1. The predicted octanol–water partition coefficient (Wildman–Crippen LogP) is 2.90. The number of hydrogen-bond acceptors (Lipinski definition) is 6. The molecule has 1 N–H and O–H groups in total. The van der Waals surface area contributed by atoms with E-state index in [2.05, 4.69) is 20.3 Å². The van der Waals surface area contributed by atoms with Crippen molar-refractivity contribution in [1.29, 1.82) is 0 Å². The maximum atomic E-state index is 5.39. The van der Waals surface area contributed by atoms with E-state index in [9.17, 15) is 0 Å². The standard InChI is InChI=1S/C13H16N4OS/c1-2-18-11-7-10(15-8-16-11)17-12(9-3-4-9)13-14-5-6-19-13/h5-9,12H,2-4H2,1H3,(H,15,16,17). The molecule has 0 spiro atoms. The first-order valence-corrected chi connectivity index (χ1v) is 7.35. The molecule has 3 rings (SSSR count). The summed E-state index contributed by atoms with van der Waals surface area (Å²) in [6.07, 6.45) is 5.88. The van der Waals surface area contributed by atoms with Gasteiger partial charge in [0.25, 0.3) is 0 Å². The third-order valence-electron chi connectivity index (χ3n) is 3.05. The van der Waals surface area contributed by atoms with Crippen molar-refractivity contribution in [2.75, 3.05) is 11.9 Å². The van der Waals surface area contributed by atoms with Crippen molar-refractivity contribution in [1.82, 2.24) is 15.0 Å². The van der Waals surface area contributed by atoms with E-state index < -0.39 is 0 Å². The Morgan fingerprint density at radius 1 is 1.42 bits per heavy atom. The van der Waals surface area contributed by atoms with Crippen LogP contribution in [0.4, 0.5) is 5.82 Å². The van der Waals surface area contributed by atoms with Crippen LogP contribution in [0.15, 0.2) is 24.0 Å². The van der Waals surface area contributed by atoms with Gasteiger partial charge < -0.3 is 10.1 Å². The quantitative estimate of drug-likeness (QED) is 0.879. The van der Waals surface area contributed by atoms with Crippen molar-refractivity contribution in [3.8, 4) is 5.88 Å². The van der Waals surface area contributed by atoms with Crippen molar-refractivity contribution < 1.29 is 4.74 Å². The van der Waals surface area contributed by atoms with Crippen LogP contribution >= 0.6 is 11.3 Å². The van der Waals surface area contributed by atoms with E-state index in [1.165, 1.54) is 19.2 Å². The summed E-state index contributed by atoms with van der Waals surface area (Å²) < 4.78 is 5.39. The highest BCUT2D eigenvalue weighted by Crippen LogP contribution is 2.43. The minimum atomic E-state index is 0.254. The summed E-state index contributed by atoms with van der Waals surface area (Å²) in [6.45, 7) is 2.55. The van der Waals surface area contributed by atoms with Gasteiger partial charge in [0, 0.05) is 17.6 Å². The average Bonchev–Trinajstić information content (AvgIpc) is 3.11. The molecule has 0 radical (unpaired) electrons. The second-order valence-electron chi connectivity index (χ2n) is 4.50. The summed E-state index contributed by atoms with van der Waals surface area (Å²) in [5.74, 6) is 2.07. The summed E-state index contributed by atoms with van der Waals surface area (Å²) in [7, 11) is 0. The highest BCUT2D eigenvalue weighted by atomic mass is 32.1. The molecule has 0 aliphatic heterocycles. The maximum absolute atomic E-state index is 5.39. The lowest BCUT2D eigenvalue weighted by Gasteiger charge is -2.16. The molecule has 1 atom stereocenters. The van der Waals surface area contributed by atoms with Crippen LogP contribution in [0, 0.1) is 5.92 Å². The average molecular weight is 276 g/mol. The first-order valence-electron chi connectivity index (χ1n) is 6.47. The van der Waals surface area contributed by atoms with Gasteiger partial charge in [0.15, 0.2) is 0 Å². The topological polar surface area (TPSA) is 59.9 Å². The number of thiazole rings is 1. The second-order valence-corrected chi connectivity index (χ2v) is 5.43. The summed E-state index contributed by atoms with van der Waals surface area (Å²) in [5, 5.41) is 6.59. The molecular formula is C13H16N4OS. The Morgan fingerprint density at radius 3 is 3.00 bits per heavy atom. The van der Waals surface area contributed by atoms with E-state index >= 15 is 0 Å². The van der Waals surface area contributed by atoms with Crippen molar-refractivity contribution in [3.05, 3.63) is 29.0 Å². The van der Waals surface area contributed by atoms with Crippen molar-refractivity contribution in [3.63, 3.8) is 0 Å². The molecule has 1 unspecified atom stereocenters. The number of ether oxygens (including phenoxy) is 1. The fourth-order valence-corrected chi connectivity index (χ4v) is 2.78. The molecular weight excluding hydrogens is 260 g/mol. The maximum Gasteiger partial charge on any atom is 0.218 e. The zero-order valence-electron chi connectivity index (χ0n) is 10.7. The largest absolute Gasteiger partial charge is 0.478 e. The molecule has 19 heavy (non-hydrogen) atoms. The fraction of sp³-hybridized carbons (Fsp3) is 0.462. The molecule has 0 saturated heterocycles. The molecule has 1 aliphatic carbocycles. The summed E-state index contributed by atoms with van der Waals surface area (Å²) in [4.78, 5) is 12.7. The van der Waals surface area contributed by atoms with Crippen LogP contribution in [0.25, 0.3) is 0 Å². The van der Waals surface area contributed by atoms with Crippen LogP contribution in [-0.2, 0) is 0 Å². The van der Waals surface area contributed by atoms with Gasteiger partial charge in [0.05, 0.1) is 12.6 Å². The van der Waals surface area contributed by atoms with Crippen LogP contribution in [0.5, 0.6) is 5.88 Å². The van der Waals surface area contributed by atoms with Crippen molar-refractivity contribution >= 4 is 17.2 Å². The lowest BCUT2D eigenvalue weighted by atomic mass is 10.2. The van der Waals surface area contributed by atoms with Gasteiger partial charge in [-0.1, -0.05) is 0 Å². The molecule has 1 aliphatic rings. The normalized spacial score (nSPS) is 16.1. The second kappa shape index (κ2) is 5.52. The fourth-order valence-electron chi connectivity index (χ4n) is 2.00. The van der Waals surface area contributed by atoms with Gasteiger partial charge in [-0.05, 0) is 25.7 Å². The number of aromatic nitrogens is 3. The number of nitrogens with one attached hydrogen (secondary N) is 1. The summed E-state index contributed by atoms with van der Waals surface area (Å²) >= 11 is 1.68. The Hall–Kier alpha value is -1.69. The molecule has 2 heterocycles. The highest BCUT2D eigenvalue weighted by Gasteiger charge is 2.34. The van der Waals surface area contributed by atoms with Crippen LogP contribution in [0.1, 0.15) is 30.8 Å². The molecule has 1 fully saturated rings. The Labute approximate surface area is 116 Å². The summed E-state index contributed by atoms with van der Waals surface area (Å²) in [5.41, 5.74) is 0. The van der Waals surface area contributed by atoms with Crippen LogP contribution in [0.2, 0.25) is 0 Å². The minimum absolute atomic E-state index is 0.254. The zero-order valence-corrected chi connectivity index (χ0v) is 11.6. The Morgan fingerprint density at radius 2 is 2.32 bits per heavy atom. The molecule has 2 aromatic rings. The highest BCUT2D eigenvalue weighted by molar-refractivity contribution is 7.09. The van der Waals surface area contributed by atoms with Gasteiger partial charge in [-0.25, -0.2) is 15.0 Å². The Balaban J connectivity index is 1.76. The number of nitrogens with zero attached hydrogens (tertiary/aromatic N) is 3.